The van der Waals surface area contributed by atoms with Crippen LogP contribution in [0.3, 0.4) is 0 Å². The van der Waals surface area contributed by atoms with Crippen LogP contribution >= 0.6 is 27.3 Å². The molecule has 0 saturated carbocycles. The molecule has 4 heterocycles. The molecule has 3 aromatic rings. The van der Waals surface area contributed by atoms with E-state index in [-0.39, 0.29) is 24.1 Å². The van der Waals surface area contributed by atoms with Gasteiger partial charge in [-0.2, -0.15) is 5.10 Å². The molecule has 0 bridgehead atoms. The molecule has 1 amide bonds. The van der Waals surface area contributed by atoms with E-state index < -0.39 is 0 Å². The number of hydrogen-bond donors (Lipinski definition) is 0. The van der Waals surface area contributed by atoms with Gasteiger partial charge < -0.3 is 8.98 Å². The smallest absolute Gasteiger partial charge is 0.263 e. The molecule has 0 radical (unpaired) electrons. The molecule has 1 aliphatic heterocycles. The van der Waals surface area contributed by atoms with E-state index >= 15 is 0 Å². The highest BCUT2D eigenvalue weighted by molar-refractivity contribution is 9.10. The van der Waals surface area contributed by atoms with Gasteiger partial charge in [-0.15, -0.1) is 11.3 Å². The lowest BCUT2D eigenvalue weighted by atomic mass is 10.1. The third-order valence-corrected chi connectivity index (χ3v) is 5.76. The minimum atomic E-state index is -0.244. The molecule has 138 valence electrons. The Bertz CT molecular complexity index is 1070. The number of aryl methyl sites for hydroxylation is 1. The molecular weight excluding hydrogens is 430 g/mol. The van der Waals surface area contributed by atoms with Gasteiger partial charge in [-0.05, 0) is 52.5 Å². The lowest BCUT2D eigenvalue weighted by Crippen LogP contribution is -2.33. The molecule has 0 spiro atoms. The van der Waals surface area contributed by atoms with Gasteiger partial charge in [0.1, 0.15) is 23.8 Å². The van der Waals surface area contributed by atoms with Crippen LogP contribution in [-0.2, 0) is 11.3 Å². The van der Waals surface area contributed by atoms with Crippen molar-refractivity contribution < 1.29 is 9.21 Å². The summed E-state index contributed by atoms with van der Waals surface area (Å²) in [6.45, 7) is 1.80. The Morgan fingerprint density at radius 3 is 2.89 bits per heavy atom. The summed E-state index contributed by atoms with van der Waals surface area (Å²) in [5.41, 5.74) is 0.501. The molecule has 4 rings (SSSR count). The van der Waals surface area contributed by atoms with Gasteiger partial charge in [-0.3, -0.25) is 9.59 Å². The van der Waals surface area contributed by atoms with Gasteiger partial charge in [0.25, 0.3) is 11.5 Å². The van der Waals surface area contributed by atoms with Crippen molar-refractivity contribution in [2.24, 2.45) is 5.10 Å². The van der Waals surface area contributed by atoms with Crippen molar-refractivity contribution in [2.75, 3.05) is 0 Å². The van der Waals surface area contributed by atoms with E-state index in [1.807, 2.05) is 36.6 Å². The number of nitrogens with zero attached hydrogens (tertiary/aromatic N) is 3. The minimum Gasteiger partial charge on any atom is -0.460 e. The molecule has 0 unspecified atom stereocenters. The van der Waals surface area contributed by atoms with Gasteiger partial charge in [0.15, 0.2) is 0 Å². The lowest BCUT2D eigenvalue weighted by molar-refractivity contribution is -0.133. The molecule has 1 aliphatic rings. The van der Waals surface area contributed by atoms with Crippen LogP contribution < -0.4 is 5.56 Å². The van der Waals surface area contributed by atoms with Crippen molar-refractivity contribution >= 4 is 38.9 Å². The number of hydrazone groups is 1. The standard InChI is InChI=1S/C19H16BrN3O3S/c1-12-4-6-16(26-12)14-9-15(17-3-2-8-27-17)23(21-14)19(25)11-22-10-13(20)5-7-18(22)24/h2-8,10,15H,9,11H2,1H3/t15-/m1/s1. The van der Waals surface area contributed by atoms with E-state index in [4.69, 9.17) is 4.42 Å². The number of rotatable bonds is 4. The van der Waals surface area contributed by atoms with E-state index in [9.17, 15) is 9.59 Å². The molecule has 3 aromatic heterocycles. The van der Waals surface area contributed by atoms with Gasteiger partial charge in [0.2, 0.25) is 0 Å². The summed E-state index contributed by atoms with van der Waals surface area (Å²) in [7, 11) is 0. The van der Waals surface area contributed by atoms with Crippen molar-refractivity contribution in [3.63, 3.8) is 0 Å². The highest BCUT2D eigenvalue weighted by Gasteiger charge is 2.34. The molecule has 0 N–H and O–H groups in total. The van der Waals surface area contributed by atoms with Crippen LogP contribution in [0.25, 0.3) is 0 Å². The molecule has 8 heteroatoms. The monoisotopic (exact) mass is 445 g/mol. The topological polar surface area (TPSA) is 67.8 Å². The van der Waals surface area contributed by atoms with E-state index in [0.29, 0.717) is 12.2 Å². The number of amides is 1. The maximum Gasteiger partial charge on any atom is 0.263 e. The number of aromatic nitrogens is 1. The van der Waals surface area contributed by atoms with Crippen LogP contribution in [0.1, 0.15) is 28.9 Å². The zero-order valence-electron chi connectivity index (χ0n) is 14.5. The molecule has 27 heavy (non-hydrogen) atoms. The summed E-state index contributed by atoms with van der Waals surface area (Å²) >= 11 is 4.91. The Hall–Kier alpha value is -2.45. The molecule has 0 saturated heterocycles. The molecule has 1 atom stereocenters. The average Bonchev–Trinajstić information content (AvgIpc) is 3.37. The minimum absolute atomic E-state index is 0.0753. The first-order valence-corrected chi connectivity index (χ1v) is 10.0. The van der Waals surface area contributed by atoms with Crippen LogP contribution in [-0.4, -0.2) is 21.2 Å². The predicted octanol–water partition coefficient (Wildman–Crippen LogP) is 3.95. The Kier molecular flexibility index (Phi) is 4.84. The molecule has 0 aliphatic carbocycles. The first-order chi connectivity index (χ1) is 13.0. The van der Waals surface area contributed by atoms with Gasteiger partial charge in [-0.25, -0.2) is 5.01 Å². The quantitative estimate of drug-likeness (QED) is 0.610. The zero-order chi connectivity index (χ0) is 19.0. The van der Waals surface area contributed by atoms with Crippen LogP contribution in [0.5, 0.6) is 0 Å². The maximum atomic E-state index is 13.0. The second-order valence-corrected chi connectivity index (χ2v) is 8.14. The number of carbonyl (C=O) groups is 1. The Balaban J connectivity index is 1.65. The summed E-state index contributed by atoms with van der Waals surface area (Å²) < 4.78 is 7.80. The number of hydrogen-bond acceptors (Lipinski definition) is 5. The third-order valence-electron chi connectivity index (χ3n) is 4.32. The van der Waals surface area contributed by atoms with Crippen LogP contribution in [0, 0.1) is 6.92 Å². The summed E-state index contributed by atoms with van der Waals surface area (Å²) in [5.74, 6) is 1.22. The van der Waals surface area contributed by atoms with Gasteiger partial charge in [0.05, 0.1) is 6.04 Å². The molecule has 0 fully saturated rings. The molecule has 6 nitrogen and oxygen atoms in total. The molecular formula is C19H16BrN3O3S. The highest BCUT2D eigenvalue weighted by Crippen LogP contribution is 2.35. The van der Waals surface area contributed by atoms with Crippen molar-refractivity contribution in [3.8, 4) is 0 Å². The fourth-order valence-electron chi connectivity index (χ4n) is 3.03. The van der Waals surface area contributed by atoms with E-state index in [1.54, 1.807) is 23.6 Å². The summed E-state index contributed by atoms with van der Waals surface area (Å²) in [5, 5.41) is 8.00. The number of thiophene rings is 1. The largest absolute Gasteiger partial charge is 0.460 e. The maximum absolute atomic E-state index is 13.0. The second-order valence-electron chi connectivity index (χ2n) is 6.24. The normalized spacial score (nSPS) is 16.6. The fraction of sp³-hybridized carbons (Fsp3) is 0.211. The second kappa shape index (κ2) is 7.28. The summed E-state index contributed by atoms with van der Waals surface area (Å²) in [6.07, 6.45) is 2.18. The van der Waals surface area contributed by atoms with Crippen LogP contribution in [0.2, 0.25) is 0 Å². The Labute approximate surface area is 167 Å². The number of halogens is 1. The first kappa shape index (κ1) is 17.9. The lowest BCUT2D eigenvalue weighted by Gasteiger charge is -2.21. The van der Waals surface area contributed by atoms with Crippen molar-refractivity contribution in [3.05, 3.63) is 79.2 Å². The highest BCUT2D eigenvalue weighted by atomic mass is 79.9. The Morgan fingerprint density at radius 1 is 1.33 bits per heavy atom. The van der Waals surface area contributed by atoms with Crippen molar-refractivity contribution in [1.29, 1.82) is 0 Å². The zero-order valence-corrected chi connectivity index (χ0v) is 16.9. The van der Waals surface area contributed by atoms with Crippen molar-refractivity contribution in [2.45, 2.75) is 25.9 Å². The van der Waals surface area contributed by atoms with Crippen molar-refractivity contribution in [1.82, 2.24) is 9.58 Å². The van der Waals surface area contributed by atoms with E-state index in [1.165, 1.54) is 15.6 Å². The number of pyridine rings is 1. The van der Waals surface area contributed by atoms with Crippen LogP contribution in [0.4, 0.5) is 0 Å². The van der Waals surface area contributed by atoms with Gasteiger partial charge in [0, 0.05) is 28.0 Å². The fourth-order valence-corrected chi connectivity index (χ4v) is 4.22. The van der Waals surface area contributed by atoms with Crippen LogP contribution in [0.15, 0.2) is 66.8 Å². The molecule has 0 aromatic carbocycles. The third kappa shape index (κ3) is 3.68. The SMILES string of the molecule is Cc1ccc(C2=NN(C(=O)Cn3cc(Br)ccc3=O)[C@@H](c3cccs3)C2)o1. The van der Waals surface area contributed by atoms with Gasteiger partial charge >= 0.3 is 0 Å². The first-order valence-electron chi connectivity index (χ1n) is 8.37. The summed E-state index contributed by atoms with van der Waals surface area (Å²) in [6, 6.07) is 10.6. The predicted molar refractivity (Wildman–Crippen MR) is 107 cm³/mol. The summed E-state index contributed by atoms with van der Waals surface area (Å²) in [4.78, 5) is 26.1. The average molecular weight is 446 g/mol. The number of carbonyl (C=O) groups excluding carboxylic acids is 1. The van der Waals surface area contributed by atoms with E-state index in [0.717, 1.165) is 20.8 Å². The Morgan fingerprint density at radius 2 is 2.19 bits per heavy atom. The van der Waals surface area contributed by atoms with Gasteiger partial charge in [-0.1, -0.05) is 6.07 Å². The van der Waals surface area contributed by atoms with E-state index in [2.05, 4.69) is 21.0 Å². The number of furan rings is 1.